The molecule has 19 heavy (non-hydrogen) atoms. The summed E-state index contributed by atoms with van der Waals surface area (Å²) in [4.78, 5) is 0. The van der Waals surface area contributed by atoms with Crippen LogP contribution >= 0.6 is 0 Å². The van der Waals surface area contributed by atoms with Crippen LogP contribution in [0.5, 0.6) is 0 Å². The summed E-state index contributed by atoms with van der Waals surface area (Å²) in [6, 6.07) is 2.69. The van der Waals surface area contributed by atoms with E-state index in [0.717, 1.165) is 31.8 Å². The number of hydrogen-bond acceptors (Lipinski definition) is 2. The third kappa shape index (κ3) is 5.77. The molecule has 0 aliphatic heterocycles. The predicted octanol–water partition coefficient (Wildman–Crippen LogP) is 3.67. The maximum absolute atomic E-state index is 4.70. The van der Waals surface area contributed by atoms with Crippen LogP contribution in [0.15, 0.2) is 12.3 Å². The Morgan fingerprint density at radius 3 is 2.47 bits per heavy atom. The van der Waals surface area contributed by atoms with Crippen molar-refractivity contribution in [3.05, 3.63) is 18.0 Å². The van der Waals surface area contributed by atoms with Crippen molar-refractivity contribution in [1.29, 1.82) is 0 Å². The van der Waals surface area contributed by atoms with Crippen molar-refractivity contribution >= 4 is 0 Å². The fourth-order valence-electron chi connectivity index (χ4n) is 2.15. The zero-order valence-electron chi connectivity index (χ0n) is 13.3. The molecule has 1 heterocycles. The Morgan fingerprint density at radius 2 is 1.89 bits per heavy atom. The van der Waals surface area contributed by atoms with Gasteiger partial charge >= 0.3 is 0 Å². The monoisotopic (exact) mass is 265 g/mol. The van der Waals surface area contributed by atoms with Gasteiger partial charge in [0.25, 0.3) is 0 Å². The third-order valence-corrected chi connectivity index (χ3v) is 3.77. The van der Waals surface area contributed by atoms with Crippen LogP contribution in [0.3, 0.4) is 0 Å². The average Bonchev–Trinajstić information content (AvgIpc) is 2.84. The Kier molecular flexibility index (Phi) is 7.14. The summed E-state index contributed by atoms with van der Waals surface area (Å²) < 4.78 is 2.10. The molecule has 1 N–H and O–H groups in total. The topological polar surface area (TPSA) is 29.9 Å². The van der Waals surface area contributed by atoms with Gasteiger partial charge in [-0.1, -0.05) is 34.1 Å². The minimum atomic E-state index is 0.507. The fraction of sp³-hybridized carbons (Fsp3) is 0.812. The average molecular weight is 265 g/mol. The first-order chi connectivity index (χ1) is 9.06. The van der Waals surface area contributed by atoms with E-state index >= 15 is 0 Å². The number of rotatable bonds is 9. The molecule has 0 aliphatic carbocycles. The molecule has 2 atom stereocenters. The summed E-state index contributed by atoms with van der Waals surface area (Å²) in [5.41, 5.74) is 1.23. The largest absolute Gasteiger partial charge is 0.316 e. The lowest BCUT2D eigenvalue weighted by atomic mass is 10.0. The first kappa shape index (κ1) is 16.2. The zero-order valence-corrected chi connectivity index (χ0v) is 13.3. The molecule has 0 fully saturated rings. The molecule has 0 spiro atoms. The number of nitrogens with one attached hydrogen (secondary N) is 1. The van der Waals surface area contributed by atoms with Crippen LogP contribution in [0.4, 0.5) is 0 Å². The molecule has 1 aromatic heterocycles. The molecule has 0 saturated carbocycles. The van der Waals surface area contributed by atoms with E-state index < -0.39 is 0 Å². The van der Waals surface area contributed by atoms with Gasteiger partial charge in [-0.25, -0.2) is 0 Å². The van der Waals surface area contributed by atoms with E-state index in [1.807, 2.05) is 0 Å². The first-order valence-corrected chi connectivity index (χ1v) is 7.81. The zero-order chi connectivity index (χ0) is 14.3. The predicted molar refractivity (Wildman–Crippen MR) is 82.4 cm³/mol. The number of aromatic nitrogens is 2. The summed E-state index contributed by atoms with van der Waals surface area (Å²) in [5.74, 6) is 1.42. The van der Waals surface area contributed by atoms with Gasteiger partial charge in [0.05, 0.1) is 5.69 Å². The maximum atomic E-state index is 4.70. The molecule has 2 unspecified atom stereocenters. The Hall–Kier alpha value is -0.830. The highest BCUT2D eigenvalue weighted by Gasteiger charge is 2.11. The van der Waals surface area contributed by atoms with Gasteiger partial charge in [0, 0.05) is 12.2 Å². The normalized spacial score (nSPS) is 14.8. The van der Waals surface area contributed by atoms with Gasteiger partial charge < -0.3 is 5.32 Å². The quantitative estimate of drug-likeness (QED) is 0.738. The fourth-order valence-corrected chi connectivity index (χ4v) is 2.15. The summed E-state index contributed by atoms with van der Waals surface area (Å²) in [5, 5.41) is 8.26. The molecule has 0 aromatic carbocycles. The number of hydrogen-bond donors (Lipinski definition) is 1. The van der Waals surface area contributed by atoms with Gasteiger partial charge in [0.15, 0.2) is 0 Å². The van der Waals surface area contributed by atoms with Gasteiger partial charge in [-0.3, -0.25) is 4.68 Å². The highest BCUT2D eigenvalue weighted by Crippen LogP contribution is 2.13. The summed E-state index contributed by atoms with van der Waals surface area (Å²) in [6.07, 6.45) is 5.55. The highest BCUT2D eigenvalue weighted by atomic mass is 15.3. The summed E-state index contributed by atoms with van der Waals surface area (Å²) in [6.45, 7) is 13.4. The molecular formula is C16H31N3. The second-order valence-corrected chi connectivity index (χ2v) is 6.07. The van der Waals surface area contributed by atoms with E-state index in [0.29, 0.717) is 12.0 Å². The van der Waals surface area contributed by atoms with Crippen molar-refractivity contribution in [2.45, 2.75) is 59.9 Å². The van der Waals surface area contributed by atoms with E-state index in [1.165, 1.54) is 12.1 Å². The second kappa shape index (κ2) is 8.36. The Morgan fingerprint density at radius 1 is 1.16 bits per heavy atom. The molecule has 0 radical (unpaired) electrons. The van der Waals surface area contributed by atoms with Gasteiger partial charge in [0.1, 0.15) is 0 Å². The highest BCUT2D eigenvalue weighted by molar-refractivity contribution is 5.01. The lowest BCUT2D eigenvalue weighted by molar-refractivity contribution is 0.426. The van der Waals surface area contributed by atoms with Crippen molar-refractivity contribution in [3.8, 4) is 0 Å². The Bertz CT molecular complexity index is 344. The molecule has 1 rings (SSSR count). The SMILES string of the molecule is CCC(CNCC(C)C)Cc1ccn(C(C)CC)n1. The van der Waals surface area contributed by atoms with E-state index in [9.17, 15) is 0 Å². The van der Waals surface area contributed by atoms with E-state index in [1.54, 1.807) is 0 Å². The van der Waals surface area contributed by atoms with Crippen molar-refractivity contribution in [1.82, 2.24) is 15.1 Å². The second-order valence-electron chi connectivity index (χ2n) is 6.07. The summed E-state index contributed by atoms with van der Waals surface area (Å²) in [7, 11) is 0. The molecular weight excluding hydrogens is 234 g/mol. The standard InChI is InChI=1S/C16H31N3/c1-6-14(5)19-9-8-16(18-19)10-15(7-2)12-17-11-13(3)4/h8-9,13-15,17H,6-7,10-12H2,1-5H3. The van der Waals surface area contributed by atoms with E-state index in [2.05, 4.69) is 56.9 Å². The third-order valence-electron chi connectivity index (χ3n) is 3.77. The van der Waals surface area contributed by atoms with Crippen LogP contribution in [-0.2, 0) is 6.42 Å². The van der Waals surface area contributed by atoms with Gasteiger partial charge in [-0.05, 0) is 50.8 Å². The first-order valence-electron chi connectivity index (χ1n) is 7.81. The van der Waals surface area contributed by atoms with Crippen LogP contribution in [0.2, 0.25) is 0 Å². The lowest BCUT2D eigenvalue weighted by Gasteiger charge is -2.16. The van der Waals surface area contributed by atoms with Gasteiger partial charge in [-0.2, -0.15) is 5.10 Å². The molecule has 3 heteroatoms. The smallest absolute Gasteiger partial charge is 0.0627 e. The van der Waals surface area contributed by atoms with Crippen LogP contribution < -0.4 is 5.32 Å². The van der Waals surface area contributed by atoms with Crippen LogP contribution in [0, 0.1) is 11.8 Å². The molecule has 0 amide bonds. The Balaban J connectivity index is 2.44. The van der Waals surface area contributed by atoms with Crippen molar-refractivity contribution in [2.24, 2.45) is 11.8 Å². The minimum Gasteiger partial charge on any atom is -0.316 e. The van der Waals surface area contributed by atoms with Crippen molar-refractivity contribution in [3.63, 3.8) is 0 Å². The van der Waals surface area contributed by atoms with E-state index in [4.69, 9.17) is 5.10 Å². The molecule has 110 valence electrons. The van der Waals surface area contributed by atoms with Crippen molar-refractivity contribution < 1.29 is 0 Å². The van der Waals surface area contributed by atoms with Crippen molar-refractivity contribution in [2.75, 3.05) is 13.1 Å². The van der Waals surface area contributed by atoms with Crippen LogP contribution in [0.1, 0.15) is 59.2 Å². The van der Waals surface area contributed by atoms with Gasteiger partial charge in [0.2, 0.25) is 0 Å². The lowest BCUT2D eigenvalue weighted by Crippen LogP contribution is -2.27. The maximum Gasteiger partial charge on any atom is 0.0627 e. The van der Waals surface area contributed by atoms with Crippen LogP contribution in [0.25, 0.3) is 0 Å². The van der Waals surface area contributed by atoms with E-state index in [-0.39, 0.29) is 0 Å². The molecule has 0 bridgehead atoms. The summed E-state index contributed by atoms with van der Waals surface area (Å²) >= 11 is 0. The molecule has 0 aliphatic rings. The van der Waals surface area contributed by atoms with Crippen LogP contribution in [-0.4, -0.2) is 22.9 Å². The molecule has 1 aromatic rings. The van der Waals surface area contributed by atoms with Gasteiger partial charge in [-0.15, -0.1) is 0 Å². The minimum absolute atomic E-state index is 0.507. The Labute approximate surface area is 118 Å². The molecule has 0 saturated heterocycles. The molecule has 3 nitrogen and oxygen atoms in total. The number of nitrogens with zero attached hydrogens (tertiary/aromatic N) is 2.